The van der Waals surface area contributed by atoms with Gasteiger partial charge in [-0.3, -0.25) is 10.1 Å². The minimum Gasteiger partial charge on any atom is -0.372 e. The SMILES string of the molecule is CCNc1sc(S(=O)(=O)NCC2CCCS2)cc1[N+](=O)[O-]. The molecule has 1 aromatic rings. The molecule has 118 valence electrons. The largest absolute Gasteiger partial charge is 0.372 e. The summed E-state index contributed by atoms with van der Waals surface area (Å²) in [7, 11) is -3.69. The Hall–Kier alpha value is -0.840. The van der Waals surface area contributed by atoms with E-state index in [4.69, 9.17) is 0 Å². The van der Waals surface area contributed by atoms with E-state index in [1.54, 1.807) is 18.7 Å². The van der Waals surface area contributed by atoms with E-state index < -0.39 is 14.9 Å². The van der Waals surface area contributed by atoms with Crippen LogP contribution in [0, 0.1) is 10.1 Å². The predicted octanol–water partition coefficient (Wildman–Crippen LogP) is 2.26. The van der Waals surface area contributed by atoms with E-state index in [1.165, 1.54) is 0 Å². The second-order valence-corrected chi connectivity index (χ2v) is 9.01. The summed E-state index contributed by atoms with van der Waals surface area (Å²) in [4.78, 5) is 10.4. The highest BCUT2D eigenvalue weighted by Crippen LogP contribution is 2.37. The molecule has 2 heterocycles. The monoisotopic (exact) mass is 351 g/mol. The number of thiophene rings is 1. The Kier molecular flexibility index (Phi) is 5.47. The first-order chi connectivity index (χ1) is 9.94. The Morgan fingerprint density at radius 1 is 1.52 bits per heavy atom. The molecule has 10 heteroatoms. The Balaban J connectivity index is 2.14. The summed E-state index contributed by atoms with van der Waals surface area (Å²) in [5, 5.41) is 14.4. The molecule has 1 saturated heterocycles. The van der Waals surface area contributed by atoms with E-state index in [9.17, 15) is 18.5 Å². The standard InChI is InChI=1S/C11H17N3O4S3/c1-2-12-11-9(14(15)16)6-10(20-11)21(17,18)13-7-8-4-3-5-19-8/h6,8,12-13H,2-5,7H2,1H3. The van der Waals surface area contributed by atoms with Crippen molar-refractivity contribution in [2.24, 2.45) is 0 Å². The molecule has 2 N–H and O–H groups in total. The van der Waals surface area contributed by atoms with E-state index in [2.05, 4.69) is 10.0 Å². The van der Waals surface area contributed by atoms with Gasteiger partial charge in [0.2, 0.25) is 10.0 Å². The molecule has 0 aromatic carbocycles. The zero-order valence-corrected chi connectivity index (χ0v) is 13.9. The first kappa shape index (κ1) is 16.5. The molecule has 7 nitrogen and oxygen atoms in total. The molecule has 1 aliphatic heterocycles. The average Bonchev–Trinajstić information content (AvgIpc) is 3.06. The molecule has 21 heavy (non-hydrogen) atoms. The van der Waals surface area contributed by atoms with Gasteiger partial charge in [0.1, 0.15) is 4.21 Å². The molecule has 1 atom stereocenters. The molecule has 0 aliphatic carbocycles. The van der Waals surface area contributed by atoms with Gasteiger partial charge in [-0.15, -0.1) is 0 Å². The Morgan fingerprint density at radius 3 is 2.86 bits per heavy atom. The topological polar surface area (TPSA) is 101 Å². The number of rotatable bonds is 7. The lowest BCUT2D eigenvalue weighted by molar-refractivity contribution is -0.383. The van der Waals surface area contributed by atoms with Gasteiger partial charge in [-0.2, -0.15) is 11.8 Å². The number of anilines is 1. The molecule has 0 bridgehead atoms. The van der Waals surface area contributed by atoms with Crippen LogP contribution in [0.4, 0.5) is 10.7 Å². The maximum absolute atomic E-state index is 12.2. The fourth-order valence-corrected chi connectivity index (χ4v) is 5.82. The van der Waals surface area contributed by atoms with Gasteiger partial charge in [-0.05, 0) is 25.5 Å². The minimum atomic E-state index is -3.69. The summed E-state index contributed by atoms with van der Waals surface area (Å²) in [6.07, 6.45) is 2.10. The van der Waals surface area contributed by atoms with Gasteiger partial charge in [0.15, 0.2) is 5.00 Å². The number of thioether (sulfide) groups is 1. The maximum atomic E-state index is 12.2. The maximum Gasteiger partial charge on any atom is 0.304 e. The van der Waals surface area contributed by atoms with Crippen LogP contribution in [0.15, 0.2) is 10.3 Å². The third-order valence-corrected chi connectivity index (χ3v) is 7.39. The van der Waals surface area contributed by atoms with E-state index in [-0.39, 0.29) is 14.9 Å². The zero-order valence-electron chi connectivity index (χ0n) is 11.5. The van der Waals surface area contributed by atoms with Crippen LogP contribution in [0.25, 0.3) is 0 Å². The van der Waals surface area contributed by atoms with Crippen LogP contribution in [-0.2, 0) is 10.0 Å². The van der Waals surface area contributed by atoms with E-state index in [0.717, 1.165) is 36.0 Å². The van der Waals surface area contributed by atoms with Crippen LogP contribution in [0.3, 0.4) is 0 Å². The van der Waals surface area contributed by atoms with Crippen molar-refractivity contribution in [3.63, 3.8) is 0 Å². The van der Waals surface area contributed by atoms with Crippen molar-refractivity contribution in [1.82, 2.24) is 4.72 Å². The number of hydrogen-bond acceptors (Lipinski definition) is 7. The van der Waals surface area contributed by atoms with Crippen molar-refractivity contribution in [2.45, 2.75) is 29.2 Å². The summed E-state index contributed by atoms with van der Waals surface area (Å²) in [5.74, 6) is 1.06. The molecule has 1 fully saturated rings. The molecule has 1 aromatic heterocycles. The second-order valence-electron chi connectivity index (χ2n) is 4.55. The molecular formula is C11H17N3O4S3. The number of nitro groups is 1. The Labute approximate surface area is 131 Å². The third kappa shape index (κ3) is 4.09. The van der Waals surface area contributed by atoms with Gasteiger partial charge in [0.25, 0.3) is 0 Å². The molecule has 0 spiro atoms. The van der Waals surface area contributed by atoms with Crippen molar-refractivity contribution < 1.29 is 13.3 Å². The van der Waals surface area contributed by atoms with E-state index in [1.807, 2.05) is 0 Å². The molecule has 0 saturated carbocycles. The van der Waals surface area contributed by atoms with E-state index >= 15 is 0 Å². The lowest BCUT2D eigenvalue weighted by Gasteiger charge is -2.09. The normalized spacial score (nSPS) is 18.8. The highest BCUT2D eigenvalue weighted by atomic mass is 32.2. The van der Waals surface area contributed by atoms with Crippen molar-refractivity contribution >= 4 is 43.8 Å². The number of nitrogens with one attached hydrogen (secondary N) is 2. The van der Waals surface area contributed by atoms with Crippen molar-refractivity contribution in [1.29, 1.82) is 0 Å². The summed E-state index contributed by atoms with van der Waals surface area (Å²) in [5.41, 5.74) is -0.197. The highest BCUT2D eigenvalue weighted by molar-refractivity contribution is 8.00. The number of nitrogens with zero attached hydrogens (tertiary/aromatic N) is 1. The molecule has 2 rings (SSSR count). The van der Waals surface area contributed by atoms with Crippen molar-refractivity contribution in [3.8, 4) is 0 Å². The molecule has 0 amide bonds. The van der Waals surface area contributed by atoms with Crippen LogP contribution in [-0.4, -0.2) is 37.4 Å². The first-order valence-electron chi connectivity index (χ1n) is 6.57. The van der Waals surface area contributed by atoms with Crippen LogP contribution in [0.5, 0.6) is 0 Å². The van der Waals surface area contributed by atoms with Gasteiger partial charge in [-0.1, -0.05) is 11.3 Å². The van der Waals surface area contributed by atoms with Crippen molar-refractivity contribution in [3.05, 3.63) is 16.2 Å². The van der Waals surface area contributed by atoms with Crippen LogP contribution >= 0.6 is 23.1 Å². The fourth-order valence-electron chi connectivity index (χ4n) is 1.99. The lowest BCUT2D eigenvalue weighted by Crippen LogP contribution is -2.29. The highest BCUT2D eigenvalue weighted by Gasteiger charge is 2.27. The van der Waals surface area contributed by atoms with Crippen molar-refractivity contribution in [2.75, 3.05) is 24.2 Å². The molecule has 0 radical (unpaired) electrons. The fraction of sp³-hybridized carbons (Fsp3) is 0.636. The van der Waals surface area contributed by atoms with Gasteiger partial charge < -0.3 is 5.32 Å². The molecular weight excluding hydrogens is 334 g/mol. The predicted molar refractivity (Wildman–Crippen MR) is 85.8 cm³/mol. The summed E-state index contributed by atoms with van der Waals surface area (Å²) < 4.78 is 27.0. The first-order valence-corrected chi connectivity index (χ1v) is 9.92. The van der Waals surface area contributed by atoms with E-state index in [0.29, 0.717) is 18.3 Å². The Morgan fingerprint density at radius 2 is 2.29 bits per heavy atom. The zero-order chi connectivity index (χ0) is 15.5. The summed E-state index contributed by atoms with van der Waals surface area (Å²) in [6.45, 7) is 2.66. The minimum absolute atomic E-state index is 0.0202. The van der Waals surface area contributed by atoms with Crippen LogP contribution in [0.2, 0.25) is 0 Å². The summed E-state index contributed by atoms with van der Waals surface area (Å²) in [6, 6.07) is 1.12. The Bertz CT molecular complexity index is 608. The molecule has 1 aliphatic rings. The molecule has 1 unspecified atom stereocenters. The van der Waals surface area contributed by atoms with Crippen LogP contribution in [0.1, 0.15) is 19.8 Å². The van der Waals surface area contributed by atoms with Gasteiger partial charge in [0.05, 0.1) is 4.92 Å². The average molecular weight is 351 g/mol. The van der Waals surface area contributed by atoms with Gasteiger partial charge >= 0.3 is 5.69 Å². The van der Waals surface area contributed by atoms with Gasteiger partial charge in [-0.25, -0.2) is 13.1 Å². The number of hydrogen-bond donors (Lipinski definition) is 2. The third-order valence-electron chi connectivity index (χ3n) is 3.01. The lowest BCUT2D eigenvalue weighted by atomic mass is 10.2. The quantitative estimate of drug-likeness (QED) is 0.577. The van der Waals surface area contributed by atoms with Crippen LogP contribution < -0.4 is 10.0 Å². The number of sulfonamides is 1. The summed E-state index contributed by atoms with van der Waals surface area (Å²) >= 11 is 2.65. The van der Waals surface area contributed by atoms with Gasteiger partial charge in [0, 0.05) is 24.4 Å². The second kappa shape index (κ2) is 6.95. The smallest absolute Gasteiger partial charge is 0.304 e.